The normalized spacial score (nSPS) is 11.0. The summed E-state index contributed by atoms with van der Waals surface area (Å²) in [4.78, 5) is 10.1. The van der Waals surface area contributed by atoms with Gasteiger partial charge in [-0.3, -0.25) is 10.1 Å². The molecule has 0 unspecified atom stereocenters. The number of halogens is 4. The van der Waals surface area contributed by atoms with Crippen LogP contribution in [0.1, 0.15) is 5.56 Å². The summed E-state index contributed by atoms with van der Waals surface area (Å²) < 4.78 is 38.4. The van der Waals surface area contributed by atoms with Crippen LogP contribution in [0.5, 0.6) is 0 Å². The maximum absolute atomic E-state index is 12.8. The summed E-state index contributed by atoms with van der Waals surface area (Å²) in [5.41, 5.74) is -0.734. The molecular weight excluding hydrogens is 367 g/mol. The Morgan fingerprint density at radius 2 is 1.75 bits per heavy atom. The second-order valence-corrected chi connectivity index (χ2v) is 5.39. The van der Waals surface area contributed by atoms with E-state index < -0.39 is 21.7 Å². The number of nitrogens with zero attached hydrogens (tertiary/aromatic N) is 1. The number of benzene rings is 2. The van der Waals surface area contributed by atoms with Crippen LogP contribution in [0.4, 0.5) is 30.2 Å². The standard InChI is InChI=1S/C14H9ClF3N3O2S/c15-12-5-4-9(7-11(12)14(16,17)18)20-13(24)19-8-2-1-3-10(6-8)21(22)23/h1-7H,(H2,19,20,24). The lowest BCUT2D eigenvalue weighted by molar-refractivity contribution is -0.384. The van der Waals surface area contributed by atoms with Crippen molar-refractivity contribution in [2.75, 3.05) is 10.6 Å². The average Bonchev–Trinajstić information content (AvgIpc) is 2.48. The minimum atomic E-state index is -4.59. The van der Waals surface area contributed by atoms with Gasteiger partial charge in [0.05, 0.1) is 15.5 Å². The second-order valence-electron chi connectivity index (χ2n) is 4.58. The molecular formula is C14H9ClF3N3O2S. The third kappa shape index (κ3) is 4.56. The Morgan fingerprint density at radius 1 is 1.12 bits per heavy atom. The number of non-ortho nitro benzene ring substituents is 1. The second kappa shape index (κ2) is 7.02. The van der Waals surface area contributed by atoms with E-state index >= 15 is 0 Å². The number of alkyl halides is 3. The van der Waals surface area contributed by atoms with E-state index in [1.807, 2.05) is 0 Å². The summed E-state index contributed by atoms with van der Waals surface area (Å²) in [5, 5.41) is 15.5. The van der Waals surface area contributed by atoms with Gasteiger partial charge in [-0.15, -0.1) is 0 Å². The van der Waals surface area contributed by atoms with Gasteiger partial charge >= 0.3 is 6.18 Å². The van der Waals surface area contributed by atoms with E-state index in [1.54, 1.807) is 0 Å². The van der Waals surface area contributed by atoms with Crippen molar-refractivity contribution < 1.29 is 18.1 Å². The maximum atomic E-state index is 12.8. The highest BCUT2D eigenvalue weighted by Crippen LogP contribution is 2.36. The molecule has 0 aliphatic carbocycles. The predicted molar refractivity (Wildman–Crippen MR) is 89.4 cm³/mol. The first-order chi connectivity index (χ1) is 11.2. The van der Waals surface area contributed by atoms with Gasteiger partial charge in [0.15, 0.2) is 5.11 Å². The molecule has 2 aromatic carbocycles. The van der Waals surface area contributed by atoms with E-state index in [2.05, 4.69) is 10.6 Å². The van der Waals surface area contributed by atoms with E-state index in [0.29, 0.717) is 5.69 Å². The van der Waals surface area contributed by atoms with E-state index in [9.17, 15) is 23.3 Å². The van der Waals surface area contributed by atoms with Crippen LogP contribution >= 0.6 is 23.8 Å². The van der Waals surface area contributed by atoms with Crippen molar-refractivity contribution in [1.29, 1.82) is 0 Å². The van der Waals surface area contributed by atoms with Crippen molar-refractivity contribution in [2.24, 2.45) is 0 Å². The average molecular weight is 376 g/mol. The lowest BCUT2D eigenvalue weighted by Gasteiger charge is -2.14. The molecule has 0 aliphatic rings. The Hall–Kier alpha value is -2.39. The molecule has 0 amide bonds. The van der Waals surface area contributed by atoms with Crippen LogP contribution in [0, 0.1) is 10.1 Å². The molecule has 0 saturated heterocycles. The number of thiocarbonyl (C=S) groups is 1. The minimum Gasteiger partial charge on any atom is -0.332 e. The van der Waals surface area contributed by atoms with Gasteiger partial charge < -0.3 is 10.6 Å². The topological polar surface area (TPSA) is 67.2 Å². The highest BCUT2D eigenvalue weighted by molar-refractivity contribution is 7.80. The number of nitrogens with one attached hydrogen (secondary N) is 2. The summed E-state index contributed by atoms with van der Waals surface area (Å²) in [7, 11) is 0. The molecule has 0 heterocycles. The summed E-state index contributed by atoms with van der Waals surface area (Å²) >= 11 is 10.5. The van der Waals surface area contributed by atoms with Crippen LogP contribution in [0.25, 0.3) is 0 Å². The molecule has 0 aromatic heterocycles. The molecule has 5 nitrogen and oxygen atoms in total. The zero-order valence-electron chi connectivity index (χ0n) is 11.7. The Balaban J connectivity index is 2.13. The number of nitro benzene ring substituents is 1. The first kappa shape index (κ1) is 18.0. The largest absolute Gasteiger partial charge is 0.417 e. The number of hydrogen-bond donors (Lipinski definition) is 2. The lowest BCUT2D eigenvalue weighted by atomic mass is 10.2. The molecule has 0 radical (unpaired) electrons. The van der Waals surface area contributed by atoms with E-state index in [0.717, 1.165) is 12.1 Å². The summed E-state index contributed by atoms with van der Waals surface area (Å²) in [6.07, 6.45) is -4.59. The van der Waals surface area contributed by atoms with Gasteiger partial charge in [-0.2, -0.15) is 13.2 Å². The number of hydrogen-bond acceptors (Lipinski definition) is 3. The monoisotopic (exact) mass is 375 g/mol. The zero-order valence-corrected chi connectivity index (χ0v) is 13.3. The molecule has 0 aliphatic heterocycles. The van der Waals surface area contributed by atoms with Crippen LogP contribution in [0.3, 0.4) is 0 Å². The Bertz CT molecular complexity index is 799. The van der Waals surface area contributed by atoms with Crippen LogP contribution in [-0.4, -0.2) is 10.0 Å². The zero-order chi connectivity index (χ0) is 17.9. The minimum absolute atomic E-state index is 0.0223. The highest BCUT2D eigenvalue weighted by atomic mass is 35.5. The predicted octanol–water partition coefficient (Wildman–Crippen LogP) is 5.08. The lowest BCUT2D eigenvalue weighted by Crippen LogP contribution is -2.19. The Kier molecular flexibility index (Phi) is 5.25. The van der Waals surface area contributed by atoms with Crippen LogP contribution < -0.4 is 10.6 Å². The molecule has 126 valence electrons. The Labute approximate surface area is 144 Å². The van der Waals surface area contributed by atoms with E-state index in [4.69, 9.17) is 23.8 Å². The fourth-order valence-electron chi connectivity index (χ4n) is 1.81. The van der Waals surface area contributed by atoms with E-state index in [-0.39, 0.29) is 16.5 Å². The first-order valence-electron chi connectivity index (χ1n) is 6.36. The molecule has 0 atom stereocenters. The molecule has 10 heteroatoms. The van der Waals surface area contributed by atoms with Crippen molar-refractivity contribution in [3.63, 3.8) is 0 Å². The summed E-state index contributed by atoms with van der Waals surface area (Å²) in [6.45, 7) is 0. The smallest absolute Gasteiger partial charge is 0.332 e. The molecule has 0 saturated carbocycles. The van der Waals surface area contributed by atoms with Gasteiger partial charge in [0.25, 0.3) is 5.69 Å². The van der Waals surface area contributed by atoms with Crippen LogP contribution in [0.15, 0.2) is 42.5 Å². The van der Waals surface area contributed by atoms with Crippen LogP contribution in [-0.2, 0) is 6.18 Å². The quantitative estimate of drug-likeness (QED) is 0.445. The molecule has 0 bridgehead atoms. The van der Waals surface area contributed by atoms with Crippen molar-refractivity contribution in [1.82, 2.24) is 0 Å². The fourth-order valence-corrected chi connectivity index (χ4v) is 2.27. The number of anilines is 2. The number of nitro groups is 1. The molecule has 0 spiro atoms. The van der Waals surface area contributed by atoms with Gasteiger partial charge in [-0.25, -0.2) is 0 Å². The fraction of sp³-hybridized carbons (Fsp3) is 0.0714. The van der Waals surface area contributed by atoms with Crippen molar-refractivity contribution in [2.45, 2.75) is 6.18 Å². The molecule has 2 rings (SSSR count). The molecule has 0 fully saturated rings. The summed E-state index contributed by atoms with van der Waals surface area (Å²) in [6, 6.07) is 8.79. The third-order valence-electron chi connectivity index (χ3n) is 2.84. The first-order valence-corrected chi connectivity index (χ1v) is 7.14. The van der Waals surface area contributed by atoms with Crippen molar-refractivity contribution in [3.05, 3.63) is 63.2 Å². The van der Waals surface area contributed by atoms with E-state index in [1.165, 1.54) is 30.3 Å². The van der Waals surface area contributed by atoms with Gasteiger partial charge in [0, 0.05) is 23.5 Å². The van der Waals surface area contributed by atoms with Crippen molar-refractivity contribution in [3.8, 4) is 0 Å². The highest BCUT2D eigenvalue weighted by Gasteiger charge is 2.33. The van der Waals surface area contributed by atoms with Gasteiger partial charge in [0.1, 0.15) is 0 Å². The molecule has 24 heavy (non-hydrogen) atoms. The van der Waals surface area contributed by atoms with Gasteiger partial charge in [-0.1, -0.05) is 17.7 Å². The molecule has 2 aromatic rings. The van der Waals surface area contributed by atoms with Crippen LogP contribution in [0.2, 0.25) is 5.02 Å². The molecule has 2 N–H and O–H groups in total. The SMILES string of the molecule is O=[N+]([O-])c1cccc(NC(=S)Nc2ccc(Cl)c(C(F)(F)F)c2)c1. The van der Waals surface area contributed by atoms with Crippen molar-refractivity contribution >= 4 is 46.0 Å². The number of rotatable bonds is 3. The summed E-state index contributed by atoms with van der Waals surface area (Å²) in [5.74, 6) is 0. The Morgan fingerprint density at radius 3 is 2.33 bits per heavy atom. The third-order valence-corrected chi connectivity index (χ3v) is 3.38. The van der Waals surface area contributed by atoms with Gasteiger partial charge in [-0.05, 0) is 36.5 Å². The van der Waals surface area contributed by atoms with Gasteiger partial charge in [0.2, 0.25) is 0 Å². The maximum Gasteiger partial charge on any atom is 0.417 e.